The molecule has 19 heavy (non-hydrogen) atoms. The molecule has 1 fully saturated rings. The second-order valence-electron chi connectivity index (χ2n) is 5.15. The number of nitrogens with one attached hydrogen (secondary N) is 2. The highest BCUT2D eigenvalue weighted by atomic mass is 79.9. The van der Waals surface area contributed by atoms with Crippen molar-refractivity contribution >= 4 is 15.9 Å². The summed E-state index contributed by atoms with van der Waals surface area (Å²) in [4.78, 5) is 8.29. The van der Waals surface area contributed by atoms with Crippen LogP contribution in [0.25, 0.3) is 11.3 Å². The van der Waals surface area contributed by atoms with E-state index >= 15 is 0 Å². The molecular weight excluding hydrogens is 302 g/mol. The second-order valence-corrected chi connectivity index (χ2v) is 6.06. The first-order chi connectivity index (χ1) is 9.24. The van der Waals surface area contributed by atoms with E-state index in [1.54, 1.807) is 0 Å². The summed E-state index contributed by atoms with van der Waals surface area (Å²) < 4.78 is 1.09. The summed E-state index contributed by atoms with van der Waals surface area (Å²) in [5.74, 6) is 1.65. The van der Waals surface area contributed by atoms with E-state index in [1.807, 2.05) is 6.07 Å². The number of nitrogens with zero attached hydrogens (tertiary/aromatic N) is 1. The minimum atomic E-state index is 0.522. The van der Waals surface area contributed by atoms with E-state index < -0.39 is 0 Å². The van der Waals surface area contributed by atoms with Gasteiger partial charge in [-0.25, -0.2) is 4.98 Å². The molecule has 2 heterocycles. The monoisotopic (exact) mass is 319 g/mol. The largest absolute Gasteiger partial charge is 0.345 e. The molecule has 0 spiro atoms. The van der Waals surface area contributed by atoms with Gasteiger partial charge in [0.25, 0.3) is 0 Å². The highest BCUT2D eigenvalue weighted by molar-refractivity contribution is 9.10. The predicted octanol–water partition coefficient (Wildman–Crippen LogP) is 3.61. The summed E-state index contributed by atoms with van der Waals surface area (Å²) in [6, 6.07) is 8.32. The number of aromatic amines is 1. The summed E-state index contributed by atoms with van der Waals surface area (Å²) >= 11 is 3.52. The van der Waals surface area contributed by atoms with Crippen LogP contribution < -0.4 is 5.32 Å². The van der Waals surface area contributed by atoms with Gasteiger partial charge in [-0.05, 0) is 38.4 Å². The predicted molar refractivity (Wildman–Crippen MR) is 81.3 cm³/mol. The maximum atomic E-state index is 4.83. The average Bonchev–Trinajstić information content (AvgIpc) is 2.82. The zero-order chi connectivity index (χ0) is 13.2. The van der Waals surface area contributed by atoms with Crippen molar-refractivity contribution in [2.75, 3.05) is 13.1 Å². The molecule has 1 aromatic heterocycles. The van der Waals surface area contributed by atoms with Crippen LogP contribution in [-0.4, -0.2) is 23.1 Å². The van der Waals surface area contributed by atoms with Crippen LogP contribution in [0.3, 0.4) is 0 Å². The van der Waals surface area contributed by atoms with E-state index in [9.17, 15) is 0 Å². The summed E-state index contributed by atoms with van der Waals surface area (Å²) in [6.45, 7) is 4.27. The van der Waals surface area contributed by atoms with Gasteiger partial charge in [-0.3, -0.25) is 0 Å². The molecule has 0 saturated carbocycles. The fraction of sp³-hybridized carbons (Fsp3) is 0.400. The van der Waals surface area contributed by atoms with Crippen LogP contribution >= 0.6 is 15.9 Å². The summed E-state index contributed by atoms with van der Waals surface area (Å²) in [6.07, 6.45) is 2.45. The van der Waals surface area contributed by atoms with Crippen LogP contribution in [0, 0.1) is 6.92 Å². The Balaban J connectivity index is 1.92. The molecule has 1 aliphatic rings. The third-order valence-corrected chi connectivity index (χ3v) is 4.18. The molecule has 1 aliphatic heterocycles. The molecule has 3 rings (SSSR count). The van der Waals surface area contributed by atoms with Crippen molar-refractivity contribution < 1.29 is 0 Å². The van der Waals surface area contributed by atoms with Gasteiger partial charge >= 0.3 is 0 Å². The number of hydrogen-bond donors (Lipinski definition) is 2. The van der Waals surface area contributed by atoms with Crippen molar-refractivity contribution in [2.24, 2.45) is 0 Å². The van der Waals surface area contributed by atoms with Gasteiger partial charge < -0.3 is 10.3 Å². The summed E-state index contributed by atoms with van der Waals surface area (Å²) in [5, 5.41) is 3.44. The fourth-order valence-electron chi connectivity index (χ4n) is 2.68. The number of H-pyrrole nitrogens is 1. The molecule has 100 valence electrons. The zero-order valence-electron chi connectivity index (χ0n) is 11.0. The van der Waals surface area contributed by atoms with Gasteiger partial charge in [0.1, 0.15) is 5.82 Å². The Kier molecular flexibility index (Phi) is 3.71. The first kappa shape index (κ1) is 12.9. The number of halogens is 1. The first-order valence-corrected chi connectivity index (χ1v) is 7.56. The Morgan fingerprint density at radius 3 is 3.00 bits per heavy atom. The molecule has 0 radical (unpaired) electrons. The maximum absolute atomic E-state index is 4.83. The molecule has 2 N–H and O–H groups in total. The Bertz CT molecular complexity index is 571. The Morgan fingerprint density at radius 1 is 1.37 bits per heavy atom. The third-order valence-electron chi connectivity index (χ3n) is 3.68. The van der Waals surface area contributed by atoms with Gasteiger partial charge in [-0.15, -0.1) is 0 Å². The Morgan fingerprint density at radius 2 is 2.26 bits per heavy atom. The van der Waals surface area contributed by atoms with Gasteiger partial charge in [0.15, 0.2) is 0 Å². The van der Waals surface area contributed by atoms with E-state index in [-0.39, 0.29) is 0 Å². The zero-order valence-corrected chi connectivity index (χ0v) is 12.6. The minimum Gasteiger partial charge on any atom is -0.345 e. The number of piperidine rings is 1. The summed E-state index contributed by atoms with van der Waals surface area (Å²) in [5.41, 5.74) is 3.39. The molecule has 0 amide bonds. The molecule has 4 heteroatoms. The van der Waals surface area contributed by atoms with Crippen LogP contribution in [0.5, 0.6) is 0 Å². The van der Waals surface area contributed by atoms with E-state index in [2.05, 4.69) is 51.4 Å². The van der Waals surface area contributed by atoms with Crippen molar-refractivity contribution in [1.29, 1.82) is 0 Å². The van der Waals surface area contributed by atoms with Crippen LogP contribution in [0.4, 0.5) is 0 Å². The highest BCUT2D eigenvalue weighted by Crippen LogP contribution is 2.28. The van der Waals surface area contributed by atoms with E-state index in [1.165, 1.54) is 12.8 Å². The minimum absolute atomic E-state index is 0.522. The van der Waals surface area contributed by atoms with E-state index in [0.29, 0.717) is 5.92 Å². The highest BCUT2D eigenvalue weighted by Gasteiger charge is 2.20. The lowest BCUT2D eigenvalue weighted by atomic mass is 9.99. The quantitative estimate of drug-likeness (QED) is 0.887. The van der Waals surface area contributed by atoms with Crippen molar-refractivity contribution in [3.05, 3.63) is 40.3 Å². The molecule has 1 atom stereocenters. The smallest absolute Gasteiger partial charge is 0.111 e. The summed E-state index contributed by atoms with van der Waals surface area (Å²) in [7, 11) is 0. The molecular formula is C15H18BrN3. The number of hydrogen-bond acceptors (Lipinski definition) is 2. The van der Waals surface area contributed by atoms with Gasteiger partial charge in [-0.1, -0.05) is 28.1 Å². The van der Waals surface area contributed by atoms with Crippen molar-refractivity contribution in [2.45, 2.75) is 25.7 Å². The molecule has 1 unspecified atom stereocenters. The number of aromatic nitrogens is 2. The van der Waals surface area contributed by atoms with E-state index in [4.69, 9.17) is 4.98 Å². The van der Waals surface area contributed by atoms with Gasteiger partial charge in [0, 0.05) is 28.2 Å². The molecule has 1 aromatic carbocycles. The van der Waals surface area contributed by atoms with Gasteiger partial charge in [0.2, 0.25) is 0 Å². The number of rotatable bonds is 2. The molecule has 0 bridgehead atoms. The third kappa shape index (κ3) is 2.74. The Labute approximate surface area is 122 Å². The number of aryl methyl sites for hydroxylation is 1. The number of benzene rings is 1. The van der Waals surface area contributed by atoms with Crippen LogP contribution in [0.1, 0.15) is 30.3 Å². The lowest BCUT2D eigenvalue weighted by molar-refractivity contribution is 0.448. The van der Waals surface area contributed by atoms with Crippen molar-refractivity contribution in [3.8, 4) is 11.3 Å². The topological polar surface area (TPSA) is 40.7 Å². The SMILES string of the molecule is Cc1[nH]c(C2CCCNC2)nc1-c1cccc(Br)c1. The number of imidazole rings is 1. The normalized spacial score (nSPS) is 19.6. The van der Waals surface area contributed by atoms with Crippen molar-refractivity contribution in [1.82, 2.24) is 15.3 Å². The first-order valence-electron chi connectivity index (χ1n) is 6.77. The molecule has 0 aliphatic carbocycles. The van der Waals surface area contributed by atoms with Crippen LogP contribution in [0.15, 0.2) is 28.7 Å². The lowest BCUT2D eigenvalue weighted by Crippen LogP contribution is -2.28. The average molecular weight is 320 g/mol. The van der Waals surface area contributed by atoms with Crippen LogP contribution in [0.2, 0.25) is 0 Å². The Hall–Kier alpha value is -1.13. The van der Waals surface area contributed by atoms with Crippen molar-refractivity contribution in [3.63, 3.8) is 0 Å². The maximum Gasteiger partial charge on any atom is 0.111 e. The van der Waals surface area contributed by atoms with Gasteiger partial charge in [0.05, 0.1) is 5.69 Å². The van der Waals surface area contributed by atoms with E-state index in [0.717, 1.165) is 40.3 Å². The molecule has 3 nitrogen and oxygen atoms in total. The lowest BCUT2D eigenvalue weighted by Gasteiger charge is -2.20. The fourth-order valence-corrected chi connectivity index (χ4v) is 3.08. The second kappa shape index (κ2) is 5.47. The molecule has 2 aromatic rings. The van der Waals surface area contributed by atoms with Crippen LogP contribution in [-0.2, 0) is 0 Å². The molecule has 1 saturated heterocycles. The van der Waals surface area contributed by atoms with Gasteiger partial charge in [-0.2, -0.15) is 0 Å². The standard InChI is InChI=1S/C15H18BrN3/c1-10-14(11-4-2-6-13(16)8-11)19-15(18-10)12-5-3-7-17-9-12/h2,4,6,8,12,17H,3,5,7,9H2,1H3,(H,18,19).